The van der Waals surface area contributed by atoms with Crippen LogP contribution < -0.4 is 0 Å². The van der Waals surface area contributed by atoms with Crippen LogP contribution in [0, 0.1) is 0 Å². The first-order valence-corrected chi connectivity index (χ1v) is 5.22. The van der Waals surface area contributed by atoms with Gasteiger partial charge in [-0.3, -0.25) is 4.90 Å². The molecule has 0 aromatic carbocycles. The first-order chi connectivity index (χ1) is 5.38. The van der Waals surface area contributed by atoms with E-state index in [9.17, 15) is 0 Å². The molecule has 0 unspecified atom stereocenters. The van der Waals surface area contributed by atoms with Crippen LogP contribution >= 0.6 is 11.6 Å². The molecule has 0 aromatic heterocycles. The minimum absolute atomic E-state index is 0.684. The molecule has 1 aliphatic heterocycles. The summed E-state index contributed by atoms with van der Waals surface area (Å²) < 4.78 is 0. The molecule has 2 heteroatoms. The molecule has 11 heavy (non-hydrogen) atoms. The van der Waals surface area contributed by atoms with Gasteiger partial charge in [0.25, 0.3) is 0 Å². The Labute approximate surface area is 74.7 Å². The van der Waals surface area contributed by atoms with Gasteiger partial charge in [-0.05, 0) is 32.4 Å². The molecule has 0 N–H and O–H groups in total. The Morgan fingerprint density at radius 1 is 1.55 bits per heavy atom. The van der Waals surface area contributed by atoms with Crippen molar-refractivity contribution in [2.45, 2.75) is 38.6 Å². The van der Waals surface area contributed by atoms with Crippen LogP contribution in [0.4, 0.5) is 0 Å². The first kappa shape index (κ1) is 9.34. The van der Waals surface area contributed by atoms with Crippen LogP contribution in [0.5, 0.6) is 0 Å². The van der Waals surface area contributed by atoms with Crippen LogP contribution in [-0.2, 0) is 0 Å². The maximum Gasteiger partial charge on any atom is 0.0379 e. The predicted molar refractivity (Wildman–Crippen MR) is 50.2 cm³/mol. The number of halogens is 1. The highest BCUT2D eigenvalue weighted by Gasteiger charge is 2.22. The first-order valence-electron chi connectivity index (χ1n) is 4.68. The molecule has 0 aliphatic carbocycles. The van der Waals surface area contributed by atoms with Gasteiger partial charge in [-0.15, -0.1) is 11.6 Å². The zero-order valence-corrected chi connectivity index (χ0v) is 8.11. The Morgan fingerprint density at radius 2 is 2.36 bits per heavy atom. The standard InChI is InChI=1S/C9H18ClN/c1-2-3-6-11-7-4-5-9(11)8-10/h9H,2-8H2,1H3/t9-/m1/s1. The minimum Gasteiger partial charge on any atom is -0.299 e. The molecule has 1 heterocycles. The summed E-state index contributed by atoms with van der Waals surface area (Å²) in [6.45, 7) is 4.77. The summed E-state index contributed by atoms with van der Waals surface area (Å²) in [4.78, 5) is 2.54. The van der Waals surface area contributed by atoms with E-state index in [1.807, 2.05) is 0 Å². The van der Waals surface area contributed by atoms with Crippen molar-refractivity contribution >= 4 is 11.6 Å². The van der Waals surface area contributed by atoms with Crippen molar-refractivity contribution in [2.75, 3.05) is 19.0 Å². The van der Waals surface area contributed by atoms with Gasteiger partial charge >= 0.3 is 0 Å². The van der Waals surface area contributed by atoms with Crippen molar-refractivity contribution in [1.29, 1.82) is 0 Å². The molecular formula is C9H18ClN. The Bertz CT molecular complexity index is 106. The van der Waals surface area contributed by atoms with E-state index in [4.69, 9.17) is 11.6 Å². The van der Waals surface area contributed by atoms with Crippen LogP contribution in [0.25, 0.3) is 0 Å². The van der Waals surface area contributed by atoms with E-state index in [2.05, 4.69) is 11.8 Å². The van der Waals surface area contributed by atoms with Crippen LogP contribution in [0.2, 0.25) is 0 Å². The van der Waals surface area contributed by atoms with Crippen molar-refractivity contribution in [3.05, 3.63) is 0 Å². The Kier molecular flexibility index (Phi) is 4.24. The molecule has 66 valence electrons. The van der Waals surface area contributed by atoms with E-state index in [0.717, 1.165) is 5.88 Å². The fraction of sp³-hybridized carbons (Fsp3) is 1.00. The number of likely N-dealkylation sites (tertiary alicyclic amines) is 1. The van der Waals surface area contributed by atoms with Gasteiger partial charge < -0.3 is 0 Å². The third-order valence-corrected chi connectivity index (χ3v) is 2.83. The summed E-state index contributed by atoms with van der Waals surface area (Å²) in [5, 5.41) is 0. The summed E-state index contributed by atoms with van der Waals surface area (Å²) in [5.74, 6) is 0.823. The maximum atomic E-state index is 5.84. The van der Waals surface area contributed by atoms with Gasteiger partial charge in [-0.25, -0.2) is 0 Å². The van der Waals surface area contributed by atoms with Crippen molar-refractivity contribution < 1.29 is 0 Å². The molecule has 1 nitrogen and oxygen atoms in total. The average Bonchev–Trinajstić information content (AvgIpc) is 2.47. The number of hydrogen-bond donors (Lipinski definition) is 0. The number of alkyl halides is 1. The molecule has 1 atom stereocenters. The molecule has 1 rings (SSSR count). The van der Waals surface area contributed by atoms with E-state index in [0.29, 0.717) is 6.04 Å². The molecule has 0 amide bonds. The van der Waals surface area contributed by atoms with Crippen molar-refractivity contribution in [3.63, 3.8) is 0 Å². The Balaban J connectivity index is 2.20. The van der Waals surface area contributed by atoms with Gasteiger partial charge in [0.05, 0.1) is 0 Å². The van der Waals surface area contributed by atoms with E-state index >= 15 is 0 Å². The van der Waals surface area contributed by atoms with Gasteiger partial charge in [0, 0.05) is 11.9 Å². The second kappa shape index (κ2) is 5.00. The molecule has 0 aromatic rings. The monoisotopic (exact) mass is 175 g/mol. The fourth-order valence-electron chi connectivity index (χ4n) is 1.73. The van der Waals surface area contributed by atoms with E-state index < -0.39 is 0 Å². The average molecular weight is 176 g/mol. The lowest BCUT2D eigenvalue weighted by molar-refractivity contribution is 0.267. The molecule has 0 radical (unpaired) electrons. The highest BCUT2D eigenvalue weighted by atomic mass is 35.5. The fourth-order valence-corrected chi connectivity index (χ4v) is 2.07. The van der Waals surface area contributed by atoms with Crippen LogP contribution in [-0.4, -0.2) is 29.9 Å². The lowest BCUT2D eigenvalue weighted by Gasteiger charge is -2.21. The molecule has 0 spiro atoms. The molecule has 1 aliphatic rings. The third kappa shape index (κ3) is 2.64. The Hall–Kier alpha value is 0.250. The summed E-state index contributed by atoms with van der Waals surface area (Å²) in [5.41, 5.74) is 0. The van der Waals surface area contributed by atoms with Gasteiger partial charge in [0.1, 0.15) is 0 Å². The van der Waals surface area contributed by atoms with Gasteiger partial charge in [-0.2, -0.15) is 0 Å². The second-order valence-corrected chi connectivity index (χ2v) is 3.65. The lowest BCUT2D eigenvalue weighted by Crippen LogP contribution is -2.31. The van der Waals surface area contributed by atoms with E-state index in [-0.39, 0.29) is 0 Å². The SMILES string of the molecule is CCCCN1CCC[C@@H]1CCl. The van der Waals surface area contributed by atoms with E-state index in [1.54, 1.807) is 0 Å². The van der Waals surface area contributed by atoms with Crippen molar-refractivity contribution in [3.8, 4) is 0 Å². The summed E-state index contributed by atoms with van der Waals surface area (Å²) in [6, 6.07) is 0.684. The predicted octanol–water partition coefficient (Wildman–Crippen LogP) is 2.49. The van der Waals surface area contributed by atoms with Crippen LogP contribution in [0.3, 0.4) is 0 Å². The Morgan fingerprint density at radius 3 is 3.00 bits per heavy atom. The molecule has 1 fully saturated rings. The smallest absolute Gasteiger partial charge is 0.0379 e. The van der Waals surface area contributed by atoms with Crippen molar-refractivity contribution in [2.24, 2.45) is 0 Å². The highest BCUT2D eigenvalue weighted by molar-refractivity contribution is 6.18. The highest BCUT2D eigenvalue weighted by Crippen LogP contribution is 2.18. The van der Waals surface area contributed by atoms with Crippen LogP contribution in [0.1, 0.15) is 32.6 Å². The van der Waals surface area contributed by atoms with Crippen molar-refractivity contribution in [1.82, 2.24) is 4.90 Å². The minimum atomic E-state index is 0.684. The normalized spacial score (nSPS) is 26.2. The second-order valence-electron chi connectivity index (χ2n) is 3.34. The number of rotatable bonds is 4. The summed E-state index contributed by atoms with van der Waals surface area (Å²) in [6.07, 6.45) is 5.28. The van der Waals surface area contributed by atoms with Gasteiger partial charge in [-0.1, -0.05) is 13.3 Å². The lowest BCUT2D eigenvalue weighted by atomic mass is 10.2. The molecule has 0 saturated carbocycles. The number of unbranched alkanes of at least 4 members (excludes halogenated alkanes) is 1. The summed E-state index contributed by atoms with van der Waals surface area (Å²) >= 11 is 5.84. The molecule has 0 bridgehead atoms. The zero-order chi connectivity index (χ0) is 8.10. The van der Waals surface area contributed by atoms with E-state index in [1.165, 1.54) is 38.8 Å². The third-order valence-electron chi connectivity index (χ3n) is 2.48. The molecule has 1 saturated heterocycles. The quantitative estimate of drug-likeness (QED) is 0.594. The number of nitrogens with zero attached hydrogens (tertiary/aromatic N) is 1. The topological polar surface area (TPSA) is 3.24 Å². The summed E-state index contributed by atoms with van der Waals surface area (Å²) in [7, 11) is 0. The van der Waals surface area contributed by atoms with Gasteiger partial charge in [0.15, 0.2) is 0 Å². The van der Waals surface area contributed by atoms with Crippen LogP contribution in [0.15, 0.2) is 0 Å². The molecular weight excluding hydrogens is 158 g/mol. The largest absolute Gasteiger partial charge is 0.299 e. The zero-order valence-electron chi connectivity index (χ0n) is 7.35. The maximum absolute atomic E-state index is 5.84. The number of hydrogen-bond acceptors (Lipinski definition) is 1. The van der Waals surface area contributed by atoms with Gasteiger partial charge in [0.2, 0.25) is 0 Å².